The summed E-state index contributed by atoms with van der Waals surface area (Å²) < 4.78 is 0. The lowest BCUT2D eigenvalue weighted by molar-refractivity contribution is 0.0910. The van der Waals surface area contributed by atoms with Crippen molar-refractivity contribution in [3.8, 4) is 5.75 Å². The number of carbonyl (C=O) groups excluding carboxylic acids is 1. The molecule has 1 aromatic carbocycles. The summed E-state index contributed by atoms with van der Waals surface area (Å²) in [6.07, 6.45) is -1.23. The van der Waals surface area contributed by atoms with Crippen LogP contribution >= 0.6 is 0 Å². The van der Waals surface area contributed by atoms with E-state index < -0.39 is 12.1 Å². The third kappa shape index (κ3) is 3.48. The van der Waals surface area contributed by atoms with Crippen LogP contribution < -0.4 is 5.32 Å². The third-order valence-electron chi connectivity index (χ3n) is 2.38. The molecule has 0 saturated heterocycles. The number of carboxylic acid groups (broad SMARTS) is 1. The minimum Gasteiger partial charge on any atom is -0.508 e. The van der Waals surface area contributed by atoms with Crippen LogP contribution in [0.5, 0.6) is 5.75 Å². The number of phenolic OH excluding ortho intramolecular Hbond substituents is 1. The maximum atomic E-state index is 12.0. The average Bonchev–Trinajstić information content (AvgIpc) is 2.25. The highest BCUT2D eigenvalue weighted by molar-refractivity contribution is 6.01. The number of amides is 1. The Bertz CT molecular complexity index is 411. The molecule has 0 saturated carbocycles. The Labute approximate surface area is 99.1 Å². The first-order valence-electron chi connectivity index (χ1n) is 5.24. The highest BCUT2D eigenvalue weighted by Crippen LogP contribution is 2.14. The average molecular weight is 237 g/mol. The molecule has 0 radical (unpaired) electrons. The van der Waals surface area contributed by atoms with E-state index in [1.807, 2.05) is 0 Å². The van der Waals surface area contributed by atoms with Gasteiger partial charge in [-0.25, -0.2) is 4.79 Å². The van der Waals surface area contributed by atoms with Crippen molar-refractivity contribution >= 4 is 11.9 Å². The number of phenols is 1. The Morgan fingerprint density at radius 3 is 2.12 bits per heavy atom. The fourth-order valence-electron chi connectivity index (χ4n) is 1.47. The van der Waals surface area contributed by atoms with Gasteiger partial charge >= 0.3 is 6.09 Å². The molecule has 0 aliphatic rings. The molecule has 5 heteroatoms. The van der Waals surface area contributed by atoms with E-state index in [-0.39, 0.29) is 17.5 Å². The fraction of sp³-hybridized carbons (Fsp3) is 0.333. The van der Waals surface area contributed by atoms with Gasteiger partial charge in [-0.15, -0.1) is 0 Å². The van der Waals surface area contributed by atoms with Crippen LogP contribution in [0.2, 0.25) is 0 Å². The van der Waals surface area contributed by atoms with Gasteiger partial charge in [0.2, 0.25) is 0 Å². The Hall–Kier alpha value is -2.04. The Balaban J connectivity index is 2.91. The Morgan fingerprint density at radius 1 is 1.18 bits per heavy atom. The standard InChI is InChI=1S/C12H15NO4/c1-7(2)10(13-12(16)17)11(15)8-3-5-9(14)6-4-8/h3-7,10,13-14H,1-2H3,(H,16,17). The van der Waals surface area contributed by atoms with Crippen LogP contribution in [0, 0.1) is 5.92 Å². The van der Waals surface area contributed by atoms with E-state index >= 15 is 0 Å². The topological polar surface area (TPSA) is 86.6 Å². The molecule has 0 heterocycles. The number of ketones is 1. The van der Waals surface area contributed by atoms with E-state index in [4.69, 9.17) is 10.2 Å². The van der Waals surface area contributed by atoms with Gasteiger partial charge in [-0.05, 0) is 30.2 Å². The summed E-state index contributed by atoms with van der Waals surface area (Å²) >= 11 is 0. The monoisotopic (exact) mass is 237 g/mol. The number of hydrogen-bond acceptors (Lipinski definition) is 3. The van der Waals surface area contributed by atoms with Gasteiger partial charge in [-0.3, -0.25) is 4.79 Å². The van der Waals surface area contributed by atoms with Crippen LogP contribution in [-0.2, 0) is 0 Å². The first kappa shape index (κ1) is 13.0. The predicted molar refractivity (Wildman–Crippen MR) is 62.2 cm³/mol. The molecule has 1 unspecified atom stereocenters. The van der Waals surface area contributed by atoms with Crippen molar-refractivity contribution in [1.29, 1.82) is 0 Å². The second-order valence-corrected chi connectivity index (χ2v) is 4.08. The van der Waals surface area contributed by atoms with Gasteiger partial charge in [0, 0.05) is 5.56 Å². The van der Waals surface area contributed by atoms with Crippen molar-refractivity contribution in [2.75, 3.05) is 0 Å². The van der Waals surface area contributed by atoms with Crippen LogP contribution in [-0.4, -0.2) is 28.1 Å². The maximum absolute atomic E-state index is 12.0. The van der Waals surface area contributed by atoms with Gasteiger partial charge < -0.3 is 15.5 Å². The van der Waals surface area contributed by atoms with Gasteiger partial charge in [0.15, 0.2) is 5.78 Å². The van der Waals surface area contributed by atoms with E-state index in [1.54, 1.807) is 13.8 Å². The number of hydrogen-bond donors (Lipinski definition) is 3. The zero-order valence-electron chi connectivity index (χ0n) is 9.68. The predicted octanol–water partition coefficient (Wildman–Crippen LogP) is 1.87. The molecular weight excluding hydrogens is 222 g/mol. The molecule has 0 aromatic heterocycles. The van der Waals surface area contributed by atoms with Crippen molar-refractivity contribution in [2.45, 2.75) is 19.9 Å². The molecule has 1 rings (SSSR count). The van der Waals surface area contributed by atoms with Crippen LogP contribution in [0.4, 0.5) is 4.79 Å². The summed E-state index contributed by atoms with van der Waals surface area (Å²) in [7, 11) is 0. The normalized spacial score (nSPS) is 12.2. The molecule has 0 aliphatic carbocycles. The van der Waals surface area contributed by atoms with E-state index in [9.17, 15) is 9.59 Å². The number of Topliss-reactive ketones (excluding diaryl/α,β-unsaturated/α-hetero) is 1. The highest BCUT2D eigenvalue weighted by Gasteiger charge is 2.24. The lowest BCUT2D eigenvalue weighted by atomic mass is 9.95. The van der Waals surface area contributed by atoms with Crippen molar-refractivity contribution in [3.63, 3.8) is 0 Å². The lowest BCUT2D eigenvalue weighted by Crippen LogP contribution is -2.43. The summed E-state index contributed by atoms with van der Waals surface area (Å²) in [5, 5.41) is 20.0. The Morgan fingerprint density at radius 2 is 1.71 bits per heavy atom. The van der Waals surface area contributed by atoms with Gasteiger partial charge in [0.25, 0.3) is 0 Å². The lowest BCUT2D eigenvalue weighted by Gasteiger charge is -2.19. The number of aromatic hydroxyl groups is 1. The number of nitrogens with one attached hydrogen (secondary N) is 1. The molecule has 0 aliphatic heterocycles. The van der Waals surface area contributed by atoms with Crippen LogP contribution in [0.25, 0.3) is 0 Å². The molecule has 1 aromatic rings. The van der Waals surface area contributed by atoms with Crippen molar-refractivity contribution in [2.24, 2.45) is 5.92 Å². The van der Waals surface area contributed by atoms with Gasteiger partial charge in [0.1, 0.15) is 5.75 Å². The molecule has 92 valence electrons. The number of rotatable bonds is 4. The number of carbonyl (C=O) groups is 2. The minimum atomic E-state index is -1.23. The van der Waals surface area contributed by atoms with Crippen molar-refractivity contribution in [1.82, 2.24) is 5.32 Å². The van der Waals surface area contributed by atoms with Gasteiger partial charge in [0.05, 0.1) is 6.04 Å². The molecule has 17 heavy (non-hydrogen) atoms. The molecule has 0 spiro atoms. The third-order valence-corrected chi connectivity index (χ3v) is 2.38. The molecule has 1 atom stereocenters. The van der Waals surface area contributed by atoms with Crippen molar-refractivity contribution < 1.29 is 19.8 Å². The van der Waals surface area contributed by atoms with E-state index in [0.717, 1.165) is 0 Å². The SMILES string of the molecule is CC(C)C(NC(=O)O)C(=O)c1ccc(O)cc1. The summed E-state index contributed by atoms with van der Waals surface area (Å²) in [6, 6.07) is 4.95. The summed E-state index contributed by atoms with van der Waals surface area (Å²) in [5.41, 5.74) is 0.371. The maximum Gasteiger partial charge on any atom is 0.405 e. The molecule has 0 fully saturated rings. The van der Waals surface area contributed by atoms with E-state index in [2.05, 4.69) is 5.32 Å². The quantitative estimate of drug-likeness (QED) is 0.697. The van der Waals surface area contributed by atoms with Crippen LogP contribution in [0.15, 0.2) is 24.3 Å². The molecule has 1 amide bonds. The first-order chi connectivity index (χ1) is 7.91. The Kier molecular flexibility index (Phi) is 4.09. The smallest absolute Gasteiger partial charge is 0.405 e. The van der Waals surface area contributed by atoms with Crippen LogP contribution in [0.1, 0.15) is 24.2 Å². The minimum absolute atomic E-state index is 0.0637. The summed E-state index contributed by atoms with van der Waals surface area (Å²) in [4.78, 5) is 22.6. The fourth-order valence-corrected chi connectivity index (χ4v) is 1.47. The summed E-state index contributed by atoms with van der Waals surface area (Å²) in [5.74, 6) is -0.386. The van der Waals surface area contributed by atoms with Crippen LogP contribution in [0.3, 0.4) is 0 Å². The van der Waals surface area contributed by atoms with Gasteiger partial charge in [-0.2, -0.15) is 0 Å². The second-order valence-electron chi connectivity index (χ2n) is 4.08. The number of benzene rings is 1. The second kappa shape index (κ2) is 5.34. The largest absolute Gasteiger partial charge is 0.508 e. The molecular formula is C12H15NO4. The zero-order chi connectivity index (χ0) is 13.0. The zero-order valence-corrected chi connectivity index (χ0v) is 9.68. The van der Waals surface area contributed by atoms with Gasteiger partial charge in [-0.1, -0.05) is 13.8 Å². The van der Waals surface area contributed by atoms with E-state index in [0.29, 0.717) is 5.56 Å². The summed E-state index contributed by atoms with van der Waals surface area (Å²) in [6.45, 7) is 3.53. The van der Waals surface area contributed by atoms with Crippen molar-refractivity contribution in [3.05, 3.63) is 29.8 Å². The molecule has 5 nitrogen and oxygen atoms in total. The first-order valence-corrected chi connectivity index (χ1v) is 5.24. The highest BCUT2D eigenvalue weighted by atomic mass is 16.4. The molecule has 3 N–H and O–H groups in total. The van der Waals surface area contributed by atoms with E-state index in [1.165, 1.54) is 24.3 Å². The molecule has 0 bridgehead atoms.